The number of benzene rings is 1. The number of likely N-dealkylation sites (tertiary alicyclic amines) is 1. The number of amides is 2. The van der Waals surface area contributed by atoms with E-state index in [0.717, 1.165) is 50.2 Å². The Balaban J connectivity index is 1.42. The van der Waals surface area contributed by atoms with Crippen LogP contribution in [0.25, 0.3) is 0 Å². The second-order valence-corrected chi connectivity index (χ2v) is 10.8. The average Bonchev–Trinajstić information content (AvgIpc) is 3.50. The highest BCUT2D eigenvalue weighted by molar-refractivity contribution is 5.77. The smallest absolute Gasteiger partial charge is 0.223 e. The normalized spacial score (nSPS) is 22.9. The number of rotatable bonds is 5. The van der Waals surface area contributed by atoms with Gasteiger partial charge in [0.2, 0.25) is 11.8 Å². The van der Waals surface area contributed by atoms with Crippen molar-refractivity contribution in [3.05, 3.63) is 29.8 Å². The maximum Gasteiger partial charge on any atom is 0.223 e. The standard InChI is InChI=1S/C25H36N2O3/c1-24(2,3)16-23(29)27-12-10-25(11-13-27)15-19(14-22(28)26-17-18-8-9-18)20-6-4-5-7-21(20)30-25/h4-7,18-19H,8-17H2,1-3H3,(H,26,28)/t19-/m0/s1. The van der Waals surface area contributed by atoms with Gasteiger partial charge in [0.15, 0.2) is 0 Å². The number of carbonyl (C=O) groups is 2. The monoisotopic (exact) mass is 412 g/mol. The molecule has 0 radical (unpaired) electrons. The summed E-state index contributed by atoms with van der Waals surface area (Å²) in [6.45, 7) is 8.61. The van der Waals surface area contributed by atoms with Crippen molar-refractivity contribution in [1.82, 2.24) is 10.2 Å². The fourth-order valence-electron chi connectivity index (χ4n) is 4.84. The lowest BCUT2D eigenvalue weighted by atomic mass is 9.76. The van der Waals surface area contributed by atoms with E-state index in [9.17, 15) is 9.59 Å². The first-order valence-corrected chi connectivity index (χ1v) is 11.6. The second-order valence-electron chi connectivity index (χ2n) is 10.8. The van der Waals surface area contributed by atoms with Crippen LogP contribution in [0.3, 0.4) is 0 Å². The van der Waals surface area contributed by atoms with Crippen LogP contribution in [-0.4, -0.2) is 41.9 Å². The van der Waals surface area contributed by atoms with Gasteiger partial charge in [-0.15, -0.1) is 0 Å². The van der Waals surface area contributed by atoms with Gasteiger partial charge in [0.05, 0.1) is 0 Å². The Morgan fingerprint density at radius 3 is 2.53 bits per heavy atom. The first-order valence-electron chi connectivity index (χ1n) is 11.6. The van der Waals surface area contributed by atoms with Crippen LogP contribution in [-0.2, 0) is 9.59 Å². The van der Waals surface area contributed by atoms with Crippen LogP contribution in [0.1, 0.15) is 77.2 Å². The van der Waals surface area contributed by atoms with Gasteiger partial charge in [0, 0.05) is 51.2 Å². The van der Waals surface area contributed by atoms with Crippen molar-refractivity contribution in [2.24, 2.45) is 11.3 Å². The number of hydrogen-bond acceptors (Lipinski definition) is 3. The number of carbonyl (C=O) groups excluding carboxylic acids is 2. The predicted molar refractivity (Wildman–Crippen MR) is 117 cm³/mol. The van der Waals surface area contributed by atoms with Crippen molar-refractivity contribution in [2.45, 2.75) is 77.2 Å². The minimum atomic E-state index is -0.270. The lowest BCUT2D eigenvalue weighted by Gasteiger charge is -2.47. The fourth-order valence-corrected chi connectivity index (χ4v) is 4.84. The first kappa shape index (κ1) is 21.2. The summed E-state index contributed by atoms with van der Waals surface area (Å²) in [5.41, 5.74) is 0.885. The Labute approximate surface area is 180 Å². The largest absolute Gasteiger partial charge is 0.487 e. The third kappa shape index (κ3) is 5.16. The summed E-state index contributed by atoms with van der Waals surface area (Å²) in [6.07, 6.45) is 6.09. The molecule has 1 saturated carbocycles. The van der Waals surface area contributed by atoms with E-state index in [4.69, 9.17) is 4.74 Å². The highest BCUT2D eigenvalue weighted by Gasteiger charge is 2.44. The van der Waals surface area contributed by atoms with Crippen molar-refractivity contribution >= 4 is 11.8 Å². The third-order valence-electron chi connectivity index (χ3n) is 6.73. The summed E-state index contributed by atoms with van der Waals surface area (Å²) in [5, 5.41) is 3.13. The van der Waals surface area contributed by atoms with Gasteiger partial charge in [0.1, 0.15) is 11.4 Å². The van der Waals surface area contributed by atoms with Gasteiger partial charge < -0.3 is 15.0 Å². The van der Waals surface area contributed by atoms with Crippen molar-refractivity contribution in [1.29, 1.82) is 0 Å². The van der Waals surface area contributed by atoms with Crippen LogP contribution in [0.2, 0.25) is 0 Å². The molecule has 0 unspecified atom stereocenters. The number of ether oxygens (including phenoxy) is 1. The number of hydrogen-bond donors (Lipinski definition) is 1. The molecule has 1 aromatic carbocycles. The lowest BCUT2D eigenvalue weighted by Crippen LogP contribution is -2.52. The Bertz CT molecular complexity index is 786. The Kier molecular flexibility index (Phi) is 5.82. The molecule has 30 heavy (non-hydrogen) atoms. The van der Waals surface area contributed by atoms with Crippen LogP contribution in [0.5, 0.6) is 5.75 Å². The number of nitrogens with one attached hydrogen (secondary N) is 1. The average molecular weight is 413 g/mol. The molecule has 2 amide bonds. The molecule has 1 aliphatic carbocycles. The molecule has 1 spiro atoms. The Hall–Kier alpha value is -2.04. The molecule has 1 N–H and O–H groups in total. The van der Waals surface area contributed by atoms with Crippen LogP contribution in [0.15, 0.2) is 24.3 Å². The van der Waals surface area contributed by atoms with Crippen LogP contribution < -0.4 is 10.1 Å². The van der Waals surface area contributed by atoms with E-state index in [1.165, 1.54) is 12.8 Å². The maximum atomic E-state index is 12.7. The molecule has 2 aliphatic heterocycles. The lowest BCUT2D eigenvalue weighted by molar-refractivity contribution is -0.137. The van der Waals surface area contributed by atoms with E-state index >= 15 is 0 Å². The zero-order chi connectivity index (χ0) is 21.4. The molecule has 2 fully saturated rings. The van der Waals surface area contributed by atoms with Crippen LogP contribution in [0.4, 0.5) is 0 Å². The van der Waals surface area contributed by atoms with Gasteiger partial charge >= 0.3 is 0 Å². The Morgan fingerprint density at radius 1 is 1.17 bits per heavy atom. The zero-order valence-electron chi connectivity index (χ0n) is 18.7. The van der Waals surface area contributed by atoms with Gasteiger partial charge in [-0.25, -0.2) is 0 Å². The van der Waals surface area contributed by atoms with E-state index in [0.29, 0.717) is 18.8 Å². The van der Waals surface area contributed by atoms with Gasteiger partial charge in [-0.2, -0.15) is 0 Å². The van der Waals surface area contributed by atoms with Gasteiger partial charge in [-0.3, -0.25) is 9.59 Å². The molecule has 1 atom stereocenters. The first-order chi connectivity index (χ1) is 14.2. The quantitative estimate of drug-likeness (QED) is 0.786. The highest BCUT2D eigenvalue weighted by atomic mass is 16.5. The van der Waals surface area contributed by atoms with Gasteiger partial charge in [-0.1, -0.05) is 39.0 Å². The number of para-hydroxylation sites is 1. The molecule has 1 aromatic rings. The van der Waals surface area contributed by atoms with Crippen molar-refractivity contribution in [2.75, 3.05) is 19.6 Å². The summed E-state index contributed by atoms with van der Waals surface area (Å²) in [4.78, 5) is 27.2. The molecule has 0 bridgehead atoms. The minimum Gasteiger partial charge on any atom is -0.487 e. The Morgan fingerprint density at radius 2 is 1.87 bits per heavy atom. The molecule has 1 saturated heterocycles. The predicted octanol–water partition coefficient (Wildman–Crippen LogP) is 4.27. The molecule has 5 nitrogen and oxygen atoms in total. The topological polar surface area (TPSA) is 58.6 Å². The van der Waals surface area contributed by atoms with E-state index in [-0.39, 0.29) is 28.7 Å². The molecule has 3 aliphatic rings. The number of piperidine rings is 1. The summed E-state index contributed by atoms with van der Waals surface area (Å²) in [5.74, 6) is 2.17. The zero-order valence-corrected chi connectivity index (χ0v) is 18.7. The molecule has 0 aromatic heterocycles. The van der Waals surface area contributed by atoms with Crippen LogP contribution >= 0.6 is 0 Å². The SMILES string of the molecule is CC(C)(C)CC(=O)N1CCC2(CC1)C[C@H](CC(=O)NCC1CC1)c1ccccc1O2. The summed E-state index contributed by atoms with van der Waals surface area (Å²) in [7, 11) is 0. The van der Waals surface area contributed by atoms with E-state index < -0.39 is 0 Å². The molecular formula is C25H36N2O3. The van der Waals surface area contributed by atoms with E-state index in [1.807, 2.05) is 23.1 Å². The van der Waals surface area contributed by atoms with Gasteiger partial charge in [0.25, 0.3) is 0 Å². The number of nitrogens with zero attached hydrogens (tertiary/aromatic N) is 1. The van der Waals surface area contributed by atoms with E-state index in [1.54, 1.807) is 0 Å². The third-order valence-corrected chi connectivity index (χ3v) is 6.73. The van der Waals surface area contributed by atoms with Crippen molar-refractivity contribution in [3.63, 3.8) is 0 Å². The summed E-state index contributed by atoms with van der Waals surface area (Å²) < 4.78 is 6.54. The summed E-state index contributed by atoms with van der Waals surface area (Å²) >= 11 is 0. The van der Waals surface area contributed by atoms with Gasteiger partial charge in [-0.05, 0) is 42.2 Å². The maximum absolute atomic E-state index is 12.7. The van der Waals surface area contributed by atoms with E-state index in [2.05, 4.69) is 32.2 Å². The van der Waals surface area contributed by atoms with Crippen LogP contribution in [0, 0.1) is 11.3 Å². The number of fused-ring (bicyclic) bond motifs is 1. The molecule has 4 rings (SSSR count). The van der Waals surface area contributed by atoms with Crippen molar-refractivity contribution < 1.29 is 14.3 Å². The molecule has 2 heterocycles. The minimum absolute atomic E-state index is 0.00538. The molecule has 5 heteroatoms. The van der Waals surface area contributed by atoms with Crippen molar-refractivity contribution in [3.8, 4) is 5.75 Å². The highest BCUT2D eigenvalue weighted by Crippen LogP contribution is 2.46. The fraction of sp³-hybridized carbons (Fsp3) is 0.680. The molecule has 164 valence electrons. The molecular weight excluding hydrogens is 376 g/mol. The summed E-state index contributed by atoms with van der Waals surface area (Å²) in [6, 6.07) is 8.17. The second kappa shape index (κ2) is 8.24.